The molecule has 0 bridgehead atoms. The van der Waals surface area contributed by atoms with E-state index in [0.717, 1.165) is 10.0 Å². The van der Waals surface area contributed by atoms with Crippen LogP contribution in [0.25, 0.3) is 0 Å². The zero-order chi connectivity index (χ0) is 15.3. The summed E-state index contributed by atoms with van der Waals surface area (Å²) in [5.41, 5.74) is 6.36. The summed E-state index contributed by atoms with van der Waals surface area (Å²) in [6.45, 7) is 5.69. The second-order valence-electron chi connectivity index (χ2n) is 5.32. The van der Waals surface area contributed by atoms with Crippen LogP contribution in [0.15, 0.2) is 28.7 Å². The minimum Gasteiger partial charge on any atom is -0.368 e. The van der Waals surface area contributed by atoms with Gasteiger partial charge in [0.25, 0.3) is 0 Å². The SMILES string of the molecule is CC(C)[C@H](NC(=O)C[C@H](C)c1ccccc1Br)C(N)=O. The molecule has 4 nitrogen and oxygen atoms in total. The van der Waals surface area contributed by atoms with E-state index in [0.29, 0.717) is 6.42 Å². The standard InChI is InChI=1S/C15H21BrN2O2/c1-9(2)14(15(17)20)18-13(19)8-10(3)11-6-4-5-7-12(11)16/h4-7,9-10,14H,8H2,1-3H3,(H2,17,20)(H,18,19)/t10-,14-/m0/s1. The molecule has 5 heteroatoms. The molecule has 0 spiro atoms. The smallest absolute Gasteiger partial charge is 0.240 e. The normalized spacial score (nSPS) is 13.8. The van der Waals surface area contributed by atoms with E-state index in [-0.39, 0.29) is 17.7 Å². The maximum Gasteiger partial charge on any atom is 0.240 e. The Morgan fingerprint density at radius 2 is 1.85 bits per heavy atom. The summed E-state index contributed by atoms with van der Waals surface area (Å²) in [7, 11) is 0. The summed E-state index contributed by atoms with van der Waals surface area (Å²) in [6, 6.07) is 7.19. The highest BCUT2D eigenvalue weighted by Crippen LogP contribution is 2.26. The van der Waals surface area contributed by atoms with E-state index in [4.69, 9.17) is 5.73 Å². The largest absolute Gasteiger partial charge is 0.368 e. The van der Waals surface area contributed by atoms with Gasteiger partial charge in [0, 0.05) is 10.9 Å². The average Bonchev–Trinajstić information content (AvgIpc) is 2.35. The van der Waals surface area contributed by atoms with Crippen LogP contribution in [0.4, 0.5) is 0 Å². The van der Waals surface area contributed by atoms with Gasteiger partial charge in [-0.1, -0.05) is 54.9 Å². The molecule has 2 amide bonds. The Balaban J connectivity index is 2.67. The predicted molar refractivity (Wildman–Crippen MR) is 83.1 cm³/mol. The summed E-state index contributed by atoms with van der Waals surface area (Å²) in [6.07, 6.45) is 0.319. The highest BCUT2D eigenvalue weighted by atomic mass is 79.9. The molecule has 0 saturated carbocycles. The number of rotatable bonds is 6. The van der Waals surface area contributed by atoms with Crippen LogP contribution in [0.5, 0.6) is 0 Å². The molecule has 2 atom stereocenters. The monoisotopic (exact) mass is 340 g/mol. The molecule has 3 N–H and O–H groups in total. The van der Waals surface area contributed by atoms with Gasteiger partial charge < -0.3 is 11.1 Å². The zero-order valence-electron chi connectivity index (χ0n) is 12.0. The second kappa shape index (κ2) is 7.43. The minimum absolute atomic E-state index is 0.0183. The number of benzene rings is 1. The molecule has 0 radical (unpaired) electrons. The molecule has 0 heterocycles. The zero-order valence-corrected chi connectivity index (χ0v) is 13.6. The third-order valence-electron chi connectivity index (χ3n) is 3.22. The number of hydrogen-bond donors (Lipinski definition) is 2. The summed E-state index contributed by atoms with van der Waals surface area (Å²) in [5.74, 6) is -0.617. The average molecular weight is 341 g/mol. The lowest BCUT2D eigenvalue weighted by atomic mass is 9.96. The molecule has 0 aliphatic rings. The van der Waals surface area contributed by atoms with E-state index in [2.05, 4.69) is 21.2 Å². The first-order valence-electron chi connectivity index (χ1n) is 6.66. The lowest BCUT2D eigenvalue weighted by Crippen LogP contribution is -2.47. The van der Waals surface area contributed by atoms with Gasteiger partial charge in [-0.15, -0.1) is 0 Å². The summed E-state index contributed by atoms with van der Waals surface area (Å²) >= 11 is 3.48. The van der Waals surface area contributed by atoms with Gasteiger partial charge in [-0.05, 0) is 23.5 Å². The summed E-state index contributed by atoms with van der Waals surface area (Å²) < 4.78 is 0.982. The van der Waals surface area contributed by atoms with Gasteiger partial charge in [-0.2, -0.15) is 0 Å². The van der Waals surface area contributed by atoms with E-state index < -0.39 is 11.9 Å². The van der Waals surface area contributed by atoms with Gasteiger partial charge in [0.05, 0.1) is 0 Å². The maximum absolute atomic E-state index is 12.0. The van der Waals surface area contributed by atoms with Gasteiger partial charge >= 0.3 is 0 Å². The van der Waals surface area contributed by atoms with E-state index in [9.17, 15) is 9.59 Å². The summed E-state index contributed by atoms with van der Waals surface area (Å²) in [4.78, 5) is 23.3. The molecule has 110 valence electrons. The number of nitrogens with one attached hydrogen (secondary N) is 1. The van der Waals surface area contributed by atoms with E-state index in [1.54, 1.807) is 0 Å². The van der Waals surface area contributed by atoms with Gasteiger partial charge in [-0.25, -0.2) is 0 Å². The second-order valence-corrected chi connectivity index (χ2v) is 6.17. The number of carbonyl (C=O) groups excluding carboxylic acids is 2. The molecule has 20 heavy (non-hydrogen) atoms. The first kappa shape index (κ1) is 16.7. The Morgan fingerprint density at radius 3 is 2.35 bits per heavy atom. The van der Waals surface area contributed by atoms with Crippen molar-refractivity contribution in [3.05, 3.63) is 34.3 Å². The van der Waals surface area contributed by atoms with Crippen molar-refractivity contribution in [3.63, 3.8) is 0 Å². The third kappa shape index (κ3) is 4.63. The molecule has 0 saturated heterocycles. The number of primary amides is 1. The van der Waals surface area contributed by atoms with E-state index >= 15 is 0 Å². The molecular weight excluding hydrogens is 320 g/mol. The van der Waals surface area contributed by atoms with Crippen molar-refractivity contribution >= 4 is 27.7 Å². The van der Waals surface area contributed by atoms with Gasteiger partial charge in [-0.3, -0.25) is 9.59 Å². The van der Waals surface area contributed by atoms with Crippen molar-refractivity contribution in [2.75, 3.05) is 0 Å². The van der Waals surface area contributed by atoms with Crippen molar-refractivity contribution in [1.29, 1.82) is 0 Å². The third-order valence-corrected chi connectivity index (χ3v) is 3.94. The Bertz CT molecular complexity index is 489. The molecule has 1 rings (SSSR count). The van der Waals surface area contributed by atoms with Crippen LogP contribution in [-0.4, -0.2) is 17.9 Å². The number of nitrogens with two attached hydrogens (primary N) is 1. The first-order chi connectivity index (χ1) is 9.32. The predicted octanol–water partition coefficient (Wildman–Crippen LogP) is 2.57. The van der Waals surface area contributed by atoms with Crippen LogP contribution < -0.4 is 11.1 Å². The number of halogens is 1. The lowest BCUT2D eigenvalue weighted by molar-refractivity contribution is -0.128. The molecule has 0 aliphatic heterocycles. The van der Waals surface area contributed by atoms with Crippen molar-refractivity contribution in [2.24, 2.45) is 11.7 Å². The van der Waals surface area contributed by atoms with E-state index in [1.807, 2.05) is 45.0 Å². The minimum atomic E-state index is -0.617. The van der Waals surface area contributed by atoms with Crippen LogP contribution >= 0.6 is 15.9 Å². The van der Waals surface area contributed by atoms with Gasteiger partial charge in [0.15, 0.2) is 0 Å². The van der Waals surface area contributed by atoms with Crippen LogP contribution in [0.1, 0.15) is 38.7 Å². The first-order valence-corrected chi connectivity index (χ1v) is 7.45. The Kier molecular flexibility index (Phi) is 6.20. The van der Waals surface area contributed by atoms with Gasteiger partial charge in [0.2, 0.25) is 11.8 Å². The molecule has 0 unspecified atom stereocenters. The quantitative estimate of drug-likeness (QED) is 0.835. The van der Waals surface area contributed by atoms with Crippen molar-refractivity contribution in [3.8, 4) is 0 Å². The molecule has 0 aromatic heterocycles. The molecule has 0 aliphatic carbocycles. The van der Waals surface area contributed by atoms with Crippen molar-refractivity contribution < 1.29 is 9.59 Å². The van der Waals surface area contributed by atoms with Crippen LogP contribution in [0.3, 0.4) is 0 Å². The number of hydrogen-bond acceptors (Lipinski definition) is 2. The lowest BCUT2D eigenvalue weighted by Gasteiger charge is -2.20. The highest BCUT2D eigenvalue weighted by Gasteiger charge is 2.23. The van der Waals surface area contributed by atoms with Crippen LogP contribution in [-0.2, 0) is 9.59 Å². The summed E-state index contributed by atoms with van der Waals surface area (Å²) in [5, 5.41) is 2.71. The van der Waals surface area contributed by atoms with Crippen molar-refractivity contribution in [1.82, 2.24) is 5.32 Å². The Hall–Kier alpha value is -1.36. The topological polar surface area (TPSA) is 72.2 Å². The molecule has 1 aromatic rings. The fourth-order valence-electron chi connectivity index (χ4n) is 2.06. The molecule has 1 aromatic carbocycles. The number of amides is 2. The maximum atomic E-state index is 12.0. The van der Waals surface area contributed by atoms with Gasteiger partial charge in [0.1, 0.15) is 6.04 Å². The Morgan fingerprint density at radius 1 is 1.25 bits per heavy atom. The fraction of sp³-hybridized carbons (Fsp3) is 0.467. The van der Waals surface area contributed by atoms with Crippen molar-refractivity contribution in [2.45, 2.75) is 39.2 Å². The van der Waals surface area contributed by atoms with Crippen LogP contribution in [0.2, 0.25) is 0 Å². The van der Waals surface area contributed by atoms with E-state index in [1.165, 1.54) is 0 Å². The molecule has 0 fully saturated rings. The highest BCUT2D eigenvalue weighted by molar-refractivity contribution is 9.10. The molecular formula is C15H21BrN2O2. The number of carbonyl (C=O) groups is 2. The fourth-order valence-corrected chi connectivity index (χ4v) is 2.74. The van der Waals surface area contributed by atoms with Crippen LogP contribution in [0, 0.1) is 5.92 Å². The Labute approximate surface area is 128 Å².